The van der Waals surface area contributed by atoms with Crippen LogP contribution in [0.2, 0.25) is 0 Å². The number of aromatic amines is 2. The number of rotatable bonds is 4. The second-order valence-corrected chi connectivity index (χ2v) is 8.26. The molecule has 3 N–H and O–H groups in total. The van der Waals surface area contributed by atoms with Crippen LogP contribution in [0.4, 0.5) is 10.1 Å². The van der Waals surface area contributed by atoms with Crippen molar-refractivity contribution >= 4 is 26.7 Å². The summed E-state index contributed by atoms with van der Waals surface area (Å²) >= 11 is 0. The second kappa shape index (κ2) is 7.23. The first kappa shape index (κ1) is 19.5. The van der Waals surface area contributed by atoms with Crippen LogP contribution in [-0.2, 0) is 10.0 Å². The van der Waals surface area contributed by atoms with E-state index in [0.717, 1.165) is 28.8 Å². The number of aryl methyl sites for hydroxylation is 1. The van der Waals surface area contributed by atoms with E-state index in [1.165, 1.54) is 0 Å². The minimum atomic E-state index is -4.30. The maximum atomic E-state index is 14.5. The maximum Gasteiger partial charge on any atom is 0.314 e. The molecule has 0 spiro atoms. The first-order valence-electron chi connectivity index (χ1n) is 8.74. The van der Waals surface area contributed by atoms with Crippen molar-refractivity contribution in [2.24, 2.45) is 0 Å². The van der Waals surface area contributed by atoms with Crippen LogP contribution in [0.25, 0.3) is 22.2 Å². The normalized spacial score (nSPS) is 11.5. The van der Waals surface area contributed by atoms with Crippen LogP contribution in [0.5, 0.6) is 0 Å². The van der Waals surface area contributed by atoms with E-state index in [2.05, 4.69) is 19.7 Å². The molecule has 4 rings (SSSR count). The Morgan fingerprint density at radius 3 is 2.20 bits per heavy atom. The van der Waals surface area contributed by atoms with Crippen LogP contribution in [0.3, 0.4) is 0 Å². The fourth-order valence-corrected chi connectivity index (χ4v) is 4.25. The van der Waals surface area contributed by atoms with Gasteiger partial charge < -0.3 is 9.97 Å². The molecule has 8 nitrogen and oxygen atoms in total. The van der Waals surface area contributed by atoms with E-state index in [4.69, 9.17) is 0 Å². The molecule has 30 heavy (non-hydrogen) atoms. The zero-order chi connectivity index (χ0) is 21.5. The van der Waals surface area contributed by atoms with E-state index in [0.29, 0.717) is 0 Å². The van der Waals surface area contributed by atoms with Crippen molar-refractivity contribution in [2.75, 3.05) is 4.72 Å². The number of H-pyrrole nitrogens is 2. The molecule has 0 aliphatic heterocycles. The summed E-state index contributed by atoms with van der Waals surface area (Å²) in [6.07, 6.45) is 3.32. The number of benzene rings is 2. The van der Waals surface area contributed by atoms with Gasteiger partial charge in [0.25, 0.3) is 10.0 Å². The summed E-state index contributed by atoms with van der Waals surface area (Å²) in [6, 6.07) is 10.4. The predicted molar refractivity (Wildman–Crippen MR) is 110 cm³/mol. The summed E-state index contributed by atoms with van der Waals surface area (Å²) in [5.74, 6) is -1.07. The SMILES string of the molecule is Cc1cc(NS(=O)(=O)c2cc3[nH]c(=O)c(=O)[nH]c3cc2F)ccc1-c1ccncc1. The molecule has 0 atom stereocenters. The summed E-state index contributed by atoms with van der Waals surface area (Å²) in [4.78, 5) is 30.6. The molecule has 0 aliphatic rings. The Morgan fingerprint density at radius 1 is 0.933 bits per heavy atom. The number of nitrogens with one attached hydrogen (secondary N) is 3. The second-order valence-electron chi connectivity index (χ2n) is 6.61. The van der Waals surface area contributed by atoms with Crippen LogP contribution in [0.15, 0.2) is 69.3 Å². The molecule has 4 aromatic rings. The molecule has 0 amide bonds. The van der Waals surface area contributed by atoms with Gasteiger partial charge in [-0.25, -0.2) is 12.8 Å². The average Bonchev–Trinajstić information content (AvgIpc) is 2.69. The fraction of sp³-hybridized carbons (Fsp3) is 0.0500. The topological polar surface area (TPSA) is 125 Å². The van der Waals surface area contributed by atoms with Gasteiger partial charge in [0.05, 0.1) is 11.0 Å². The third kappa shape index (κ3) is 3.60. The number of halogens is 1. The van der Waals surface area contributed by atoms with Gasteiger partial charge in [0.15, 0.2) is 0 Å². The predicted octanol–water partition coefficient (Wildman–Crippen LogP) is 2.53. The highest BCUT2D eigenvalue weighted by molar-refractivity contribution is 7.92. The summed E-state index contributed by atoms with van der Waals surface area (Å²) < 4.78 is 42.3. The van der Waals surface area contributed by atoms with Crippen LogP contribution >= 0.6 is 0 Å². The molecular formula is C20H15FN4O4S. The van der Waals surface area contributed by atoms with Crippen molar-refractivity contribution in [2.45, 2.75) is 11.8 Å². The molecule has 2 aromatic carbocycles. The molecule has 0 fully saturated rings. The van der Waals surface area contributed by atoms with Gasteiger partial charge in [-0.3, -0.25) is 19.3 Å². The highest BCUT2D eigenvalue weighted by atomic mass is 32.2. The van der Waals surface area contributed by atoms with Crippen molar-refractivity contribution in [3.05, 3.63) is 86.9 Å². The van der Waals surface area contributed by atoms with E-state index in [1.54, 1.807) is 30.6 Å². The summed E-state index contributed by atoms with van der Waals surface area (Å²) in [6.45, 7) is 1.82. The molecule has 0 saturated heterocycles. The van der Waals surface area contributed by atoms with Crippen molar-refractivity contribution in [3.8, 4) is 11.1 Å². The van der Waals surface area contributed by atoms with Gasteiger partial charge in [0.2, 0.25) is 0 Å². The third-order valence-electron chi connectivity index (χ3n) is 4.53. The Labute approximate surface area is 169 Å². The van der Waals surface area contributed by atoms with Gasteiger partial charge in [0, 0.05) is 24.1 Å². The lowest BCUT2D eigenvalue weighted by Crippen LogP contribution is -2.29. The lowest BCUT2D eigenvalue weighted by molar-refractivity contribution is 0.571. The first-order chi connectivity index (χ1) is 14.2. The third-order valence-corrected chi connectivity index (χ3v) is 5.93. The maximum absolute atomic E-state index is 14.5. The molecule has 0 saturated carbocycles. The van der Waals surface area contributed by atoms with Crippen LogP contribution in [0, 0.1) is 12.7 Å². The molecule has 2 aromatic heterocycles. The number of hydrogen-bond donors (Lipinski definition) is 3. The molecule has 152 valence electrons. The Hall–Kier alpha value is -3.79. The van der Waals surface area contributed by atoms with E-state index < -0.39 is 31.9 Å². The molecule has 0 unspecified atom stereocenters. The average molecular weight is 426 g/mol. The highest BCUT2D eigenvalue weighted by Gasteiger charge is 2.21. The van der Waals surface area contributed by atoms with Gasteiger partial charge in [-0.1, -0.05) is 6.07 Å². The standard InChI is InChI=1S/C20H15FN4O4S/c1-11-8-13(2-3-14(11)12-4-6-22-7-5-12)25-30(28,29)18-10-17-16(9-15(18)21)23-19(26)20(27)24-17/h2-10,25H,1H3,(H,23,26)(H,24,27). The lowest BCUT2D eigenvalue weighted by Gasteiger charge is -2.12. The Balaban J connectivity index is 1.72. The number of hydrogen-bond acceptors (Lipinski definition) is 5. The molecule has 0 radical (unpaired) electrons. The molecule has 2 heterocycles. The summed E-state index contributed by atoms with van der Waals surface area (Å²) in [5, 5.41) is 0. The highest BCUT2D eigenvalue weighted by Crippen LogP contribution is 2.27. The zero-order valence-electron chi connectivity index (χ0n) is 15.6. The van der Waals surface area contributed by atoms with Crippen molar-refractivity contribution < 1.29 is 12.8 Å². The minimum Gasteiger partial charge on any atom is -0.316 e. The zero-order valence-corrected chi connectivity index (χ0v) is 16.4. The van der Waals surface area contributed by atoms with Crippen LogP contribution in [0.1, 0.15) is 5.56 Å². The van der Waals surface area contributed by atoms with Gasteiger partial charge in [-0.15, -0.1) is 0 Å². The minimum absolute atomic E-state index is 0.00871. The number of sulfonamides is 1. The number of nitrogens with zero attached hydrogens (tertiary/aromatic N) is 1. The Kier molecular flexibility index (Phi) is 4.70. The molecule has 0 bridgehead atoms. The van der Waals surface area contributed by atoms with E-state index in [9.17, 15) is 22.4 Å². The lowest BCUT2D eigenvalue weighted by atomic mass is 10.0. The van der Waals surface area contributed by atoms with Crippen LogP contribution < -0.4 is 15.8 Å². The number of aromatic nitrogens is 3. The number of anilines is 1. The van der Waals surface area contributed by atoms with Crippen molar-refractivity contribution in [1.82, 2.24) is 15.0 Å². The van der Waals surface area contributed by atoms with Gasteiger partial charge in [-0.05, 0) is 53.9 Å². The van der Waals surface area contributed by atoms with E-state index in [1.807, 2.05) is 19.1 Å². The largest absolute Gasteiger partial charge is 0.316 e. The molecule has 10 heteroatoms. The summed E-state index contributed by atoms with van der Waals surface area (Å²) in [7, 11) is -4.30. The fourth-order valence-electron chi connectivity index (χ4n) is 3.12. The van der Waals surface area contributed by atoms with Crippen molar-refractivity contribution in [1.29, 1.82) is 0 Å². The quantitative estimate of drug-likeness (QED) is 0.433. The number of fused-ring (bicyclic) bond motifs is 1. The Morgan fingerprint density at radius 2 is 1.57 bits per heavy atom. The van der Waals surface area contributed by atoms with Gasteiger partial charge in [-0.2, -0.15) is 0 Å². The molecular weight excluding hydrogens is 411 g/mol. The van der Waals surface area contributed by atoms with E-state index >= 15 is 0 Å². The Bertz CT molecular complexity index is 1500. The van der Waals surface area contributed by atoms with Gasteiger partial charge in [0.1, 0.15) is 10.7 Å². The van der Waals surface area contributed by atoms with Gasteiger partial charge >= 0.3 is 11.1 Å². The van der Waals surface area contributed by atoms with Crippen LogP contribution in [-0.4, -0.2) is 23.4 Å². The first-order valence-corrected chi connectivity index (χ1v) is 10.2. The van der Waals surface area contributed by atoms with Crippen molar-refractivity contribution in [3.63, 3.8) is 0 Å². The number of pyridine rings is 1. The van der Waals surface area contributed by atoms with E-state index in [-0.39, 0.29) is 16.7 Å². The monoisotopic (exact) mass is 426 g/mol. The molecule has 0 aliphatic carbocycles. The summed E-state index contributed by atoms with van der Waals surface area (Å²) in [5.41, 5.74) is 0.934. The smallest absolute Gasteiger partial charge is 0.314 e.